The molecular weight excluding hydrogens is 256 g/mol. The molecule has 1 heterocycles. The van der Waals surface area contributed by atoms with Crippen LogP contribution in [0.4, 0.5) is 5.69 Å². The highest BCUT2D eigenvalue weighted by atomic mass is 16.5. The van der Waals surface area contributed by atoms with Crippen LogP contribution in [0.25, 0.3) is 0 Å². The third-order valence-corrected chi connectivity index (χ3v) is 3.29. The van der Waals surface area contributed by atoms with E-state index in [1.807, 2.05) is 18.2 Å². The molecule has 1 fully saturated rings. The Morgan fingerprint density at radius 2 is 2.30 bits per heavy atom. The van der Waals surface area contributed by atoms with Gasteiger partial charge in [0.2, 0.25) is 11.8 Å². The Morgan fingerprint density at radius 3 is 3.00 bits per heavy atom. The number of nitrogens with zero attached hydrogens (tertiary/aromatic N) is 1. The third kappa shape index (κ3) is 2.82. The lowest BCUT2D eigenvalue weighted by molar-refractivity contribution is -0.126. The zero-order valence-corrected chi connectivity index (χ0v) is 11.5. The van der Waals surface area contributed by atoms with Gasteiger partial charge in [-0.1, -0.05) is 18.2 Å². The number of carbonyl (C=O) groups is 2. The maximum absolute atomic E-state index is 12.1. The van der Waals surface area contributed by atoms with Gasteiger partial charge in [0, 0.05) is 19.5 Å². The summed E-state index contributed by atoms with van der Waals surface area (Å²) in [6.45, 7) is 4.34. The number of amides is 2. The predicted molar refractivity (Wildman–Crippen MR) is 76.7 cm³/mol. The Bertz CT molecular complexity index is 528. The van der Waals surface area contributed by atoms with E-state index in [0.717, 1.165) is 0 Å². The van der Waals surface area contributed by atoms with Crippen molar-refractivity contribution >= 4 is 17.5 Å². The van der Waals surface area contributed by atoms with Crippen molar-refractivity contribution < 1.29 is 14.3 Å². The Kier molecular flexibility index (Phi) is 4.40. The second-order valence-electron chi connectivity index (χ2n) is 4.61. The molecule has 0 bridgehead atoms. The van der Waals surface area contributed by atoms with E-state index >= 15 is 0 Å². The summed E-state index contributed by atoms with van der Waals surface area (Å²) < 4.78 is 5.26. The number of benzene rings is 1. The number of carbonyl (C=O) groups excluding carboxylic acids is 2. The van der Waals surface area contributed by atoms with Crippen molar-refractivity contribution in [2.75, 3.05) is 25.1 Å². The molecule has 0 radical (unpaired) electrons. The van der Waals surface area contributed by atoms with Gasteiger partial charge in [-0.05, 0) is 12.1 Å². The quantitative estimate of drug-likeness (QED) is 0.825. The van der Waals surface area contributed by atoms with Gasteiger partial charge in [-0.25, -0.2) is 0 Å². The molecule has 2 amide bonds. The van der Waals surface area contributed by atoms with Crippen molar-refractivity contribution in [1.29, 1.82) is 0 Å². The standard InChI is InChI=1S/C15H18N2O3/c1-3-8-16-15(19)11-9-14(18)17(10-11)12-6-4-5-7-13(12)20-2/h3-7,11H,1,8-10H2,2H3,(H,16,19). The third-order valence-electron chi connectivity index (χ3n) is 3.29. The highest BCUT2D eigenvalue weighted by molar-refractivity contribution is 6.01. The molecule has 5 heteroatoms. The van der Waals surface area contributed by atoms with Gasteiger partial charge in [-0.15, -0.1) is 6.58 Å². The number of methoxy groups -OCH3 is 1. The molecule has 0 spiro atoms. The molecular formula is C15H18N2O3. The van der Waals surface area contributed by atoms with E-state index < -0.39 is 0 Å². The van der Waals surface area contributed by atoms with Gasteiger partial charge in [0.25, 0.3) is 0 Å². The monoisotopic (exact) mass is 274 g/mol. The van der Waals surface area contributed by atoms with Crippen molar-refractivity contribution in [3.05, 3.63) is 36.9 Å². The fourth-order valence-corrected chi connectivity index (χ4v) is 2.29. The molecule has 106 valence electrons. The number of nitrogens with one attached hydrogen (secondary N) is 1. The highest BCUT2D eigenvalue weighted by Gasteiger charge is 2.35. The Balaban J connectivity index is 2.13. The molecule has 1 atom stereocenters. The number of hydrogen-bond donors (Lipinski definition) is 1. The average Bonchev–Trinajstić information content (AvgIpc) is 2.86. The topological polar surface area (TPSA) is 58.6 Å². The van der Waals surface area contributed by atoms with Crippen molar-refractivity contribution in [2.24, 2.45) is 5.92 Å². The summed E-state index contributed by atoms with van der Waals surface area (Å²) in [5, 5.41) is 2.73. The largest absolute Gasteiger partial charge is 0.495 e. The lowest BCUT2D eigenvalue weighted by Crippen LogP contribution is -2.33. The summed E-state index contributed by atoms with van der Waals surface area (Å²) >= 11 is 0. The van der Waals surface area contributed by atoms with Gasteiger partial charge in [-0.3, -0.25) is 9.59 Å². The van der Waals surface area contributed by atoms with Crippen LogP contribution in [0.2, 0.25) is 0 Å². The molecule has 0 aromatic heterocycles. The summed E-state index contributed by atoms with van der Waals surface area (Å²) in [6, 6.07) is 7.31. The molecule has 1 aromatic rings. The van der Waals surface area contributed by atoms with Gasteiger partial charge in [0.15, 0.2) is 0 Å². The van der Waals surface area contributed by atoms with Crippen LogP contribution in [0.15, 0.2) is 36.9 Å². The van der Waals surface area contributed by atoms with Crippen molar-refractivity contribution in [2.45, 2.75) is 6.42 Å². The number of para-hydroxylation sites is 2. The predicted octanol–water partition coefficient (Wildman–Crippen LogP) is 1.35. The van der Waals surface area contributed by atoms with E-state index in [2.05, 4.69) is 11.9 Å². The first-order valence-corrected chi connectivity index (χ1v) is 6.49. The molecule has 0 saturated carbocycles. The summed E-state index contributed by atoms with van der Waals surface area (Å²) in [5.41, 5.74) is 0.707. The first-order chi connectivity index (χ1) is 9.67. The molecule has 1 aromatic carbocycles. The second-order valence-corrected chi connectivity index (χ2v) is 4.61. The van der Waals surface area contributed by atoms with E-state index in [4.69, 9.17) is 4.74 Å². The minimum absolute atomic E-state index is 0.0618. The molecule has 1 saturated heterocycles. The number of rotatable bonds is 5. The van der Waals surface area contributed by atoms with Crippen LogP contribution in [0, 0.1) is 5.92 Å². The molecule has 1 aliphatic heterocycles. The summed E-state index contributed by atoms with van der Waals surface area (Å²) in [6.07, 6.45) is 1.84. The van der Waals surface area contributed by atoms with Gasteiger partial charge < -0.3 is 15.0 Å². The van der Waals surface area contributed by atoms with Gasteiger partial charge in [-0.2, -0.15) is 0 Å². The molecule has 20 heavy (non-hydrogen) atoms. The molecule has 1 N–H and O–H groups in total. The summed E-state index contributed by atoms with van der Waals surface area (Å²) in [4.78, 5) is 25.6. The average molecular weight is 274 g/mol. The zero-order valence-electron chi connectivity index (χ0n) is 11.5. The molecule has 2 rings (SSSR count). The first-order valence-electron chi connectivity index (χ1n) is 6.49. The Morgan fingerprint density at radius 1 is 1.55 bits per heavy atom. The molecule has 1 aliphatic rings. The van der Waals surface area contributed by atoms with E-state index in [1.54, 1.807) is 24.2 Å². The number of ether oxygens (including phenoxy) is 1. The molecule has 1 unspecified atom stereocenters. The smallest absolute Gasteiger partial charge is 0.227 e. The van der Waals surface area contributed by atoms with Crippen molar-refractivity contribution in [3.8, 4) is 5.75 Å². The van der Waals surface area contributed by atoms with Crippen LogP contribution in [0.5, 0.6) is 5.75 Å². The van der Waals surface area contributed by atoms with E-state index in [1.165, 1.54) is 0 Å². The van der Waals surface area contributed by atoms with Gasteiger partial charge in [0.05, 0.1) is 18.7 Å². The normalized spacial score (nSPS) is 17.9. The van der Waals surface area contributed by atoms with E-state index in [-0.39, 0.29) is 24.2 Å². The summed E-state index contributed by atoms with van der Waals surface area (Å²) in [5.74, 6) is 0.129. The number of hydrogen-bond acceptors (Lipinski definition) is 3. The highest BCUT2D eigenvalue weighted by Crippen LogP contribution is 2.32. The lowest BCUT2D eigenvalue weighted by Gasteiger charge is -2.19. The SMILES string of the molecule is C=CCNC(=O)C1CC(=O)N(c2ccccc2OC)C1. The van der Waals surface area contributed by atoms with Crippen molar-refractivity contribution in [1.82, 2.24) is 5.32 Å². The van der Waals surface area contributed by atoms with Crippen LogP contribution >= 0.6 is 0 Å². The lowest BCUT2D eigenvalue weighted by atomic mass is 10.1. The van der Waals surface area contributed by atoms with Crippen LogP contribution in [-0.2, 0) is 9.59 Å². The fourth-order valence-electron chi connectivity index (χ4n) is 2.29. The van der Waals surface area contributed by atoms with Gasteiger partial charge >= 0.3 is 0 Å². The zero-order chi connectivity index (χ0) is 14.5. The minimum atomic E-state index is -0.327. The van der Waals surface area contributed by atoms with Crippen LogP contribution in [0.1, 0.15) is 6.42 Å². The van der Waals surface area contributed by atoms with Crippen LogP contribution in [-0.4, -0.2) is 32.0 Å². The maximum Gasteiger partial charge on any atom is 0.227 e. The number of anilines is 1. The Hall–Kier alpha value is -2.30. The summed E-state index contributed by atoms with van der Waals surface area (Å²) in [7, 11) is 1.56. The van der Waals surface area contributed by atoms with Crippen molar-refractivity contribution in [3.63, 3.8) is 0 Å². The maximum atomic E-state index is 12.1. The molecule has 5 nitrogen and oxygen atoms in total. The fraction of sp³-hybridized carbons (Fsp3) is 0.333. The Labute approximate surface area is 118 Å². The second kappa shape index (κ2) is 6.23. The minimum Gasteiger partial charge on any atom is -0.495 e. The van der Waals surface area contributed by atoms with Crippen LogP contribution < -0.4 is 15.0 Å². The van der Waals surface area contributed by atoms with Gasteiger partial charge in [0.1, 0.15) is 5.75 Å². The van der Waals surface area contributed by atoms with E-state index in [0.29, 0.717) is 24.5 Å². The van der Waals surface area contributed by atoms with Crippen LogP contribution in [0.3, 0.4) is 0 Å². The molecule has 0 aliphatic carbocycles. The van der Waals surface area contributed by atoms with E-state index in [9.17, 15) is 9.59 Å². The first kappa shape index (κ1) is 14.1.